The molecule has 2 aliphatic rings. The van der Waals surface area contributed by atoms with Crippen LogP contribution in [0.5, 0.6) is 0 Å². The van der Waals surface area contributed by atoms with Gasteiger partial charge in [0.15, 0.2) is 5.01 Å². The van der Waals surface area contributed by atoms with Crippen LogP contribution >= 0.6 is 11.3 Å². The van der Waals surface area contributed by atoms with Gasteiger partial charge in [0.2, 0.25) is 0 Å². The summed E-state index contributed by atoms with van der Waals surface area (Å²) in [4.78, 5) is 29.6. The number of aliphatic carboxylic acids is 1. The van der Waals surface area contributed by atoms with Gasteiger partial charge in [0.1, 0.15) is 0 Å². The Labute approximate surface area is 209 Å². The number of nitrogens with one attached hydrogen (secondary N) is 1. The summed E-state index contributed by atoms with van der Waals surface area (Å²) >= 11 is 1.25. The summed E-state index contributed by atoms with van der Waals surface area (Å²) in [5, 5.41) is 12.3. The first-order chi connectivity index (χ1) is 16.5. The Morgan fingerprint density at radius 1 is 1.14 bits per heavy atom. The molecule has 2 fully saturated rings. The van der Waals surface area contributed by atoms with E-state index < -0.39 is 18.3 Å². The second kappa shape index (κ2) is 10.3. The number of alkyl halides is 2. The molecule has 8 heteroatoms. The number of benzene rings is 1. The van der Waals surface area contributed by atoms with Crippen molar-refractivity contribution in [2.75, 3.05) is 0 Å². The summed E-state index contributed by atoms with van der Waals surface area (Å²) in [6.45, 7) is 6.00. The summed E-state index contributed by atoms with van der Waals surface area (Å²) in [6.07, 6.45) is 4.79. The fraction of sp³-hybridized carbons (Fsp3) is 0.593. The van der Waals surface area contributed by atoms with Crippen LogP contribution < -0.4 is 5.32 Å². The van der Waals surface area contributed by atoms with Crippen molar-refractivity contribution in [1.82, 2.24) is 10.3 Å². The molecule has 1 aromatic heterocycles. The van der Waals surface area contributed by atoms with Gasteiger partial charge in [-0.2, -0.15) is 0 Å². The zero-order valence-electron chi connectivity index (χ0n) is 20.6. The minimum absolute atomic E-state index is 0.0235. The number of aromatic nitrogens is 1. The number of thiazole rings is 1. The maximum atomic E-state index is 13.8. The summed E-state index contributed by atoms with van der Waals surface area (Å²) < 4.78 is 27.6. The molecule has 4 rings (SSSR count). The Balaban J connectivity index is 1.67. The van der Waals surface area contributed by atoms with Crippen molar-refractivity contribution in [3.05, 3.63) is 40.0 Å². The van der Waals surface area contributed by atoms with E-state index in [0.29, 0.717) is 29.3 Å². The number of hydrogen-bond donors (Lipinski definition) is 2. The first kappa shape index (κ1) is 25.7. The van der Waals surface area contributed by atoms with E-state index >= 15 is 0 Å². The third kappa shape index (κ3) is 6.08. The van der Waals surface area contributed by atoms with Crippen LogP contribution in [0.3, 0.4) is 0 Å². The highest BCUT2D eigenvalue weighted by molar-refractivity contribution is 7.17. The average Bonchev–Trinajstić information content (AvgIpc) is 3.19. The van der Waals surface area contributed by atoms with Crippen LogP contribution in [0.25, 0.3) is 10.4 Å². The van der Waals surface area contributed by atoms with Crippen molar-refractivity contribution in [3.8, 4) is 10.4 Å². The number of hydrogen-bond acceptors (Lipinski definition) is 4. The molecule has 0 saturated heterocycles. The van der Waals surface area contributed by atoms with Crippen LogP contribution in [0.2, 0.25) is 0 Å². The first-order valence-corrected chi connectivity index (χ1v) is 13.3. The van der Waals surface area contributed by atoms with Crippen LogP contribution in [0.15, 0.2) is 18.2 Å². The Morgan fingerprint density at radius 3 is 2.43 bits per heavy atom. The van der Waals surface area contributed by atoms with Crippen molar-refractivity contribution in [2.45, 2.75) is 90.0 Å². The fourth-order valence-corrected chi connectivity index (χ4v) is 5.99. The van der Waals surface area contributed by atoms with E-state index in [1.165, 1.54) is 36.7 Å². The number of carbonyl (C=O) groups excluding carboxylic acids is 1. The summed E-state index contributed by atoms with van der Waals surface area (Å²) in [6, 6.07) is 4.88. The van der Waals surface area contributed by atoms with E-state index in [0.717, 1.165) is 35.4 Å². The molecule has 1 aromatic carbocycles. The quantitative estimate of drug-likeness (QED) is 0.437. The fourth-order valence-electron chi connectivity index (χ4n) is 5.00. The minimum Gasteiger partial charge on any atom is -0.481 e. The lowest BCUT2D eigenvalue weighted by Gasteiger charge is -2.32. The zero-order valence-corrected chi connectivity index (χ0v) is 21.4. The molecular weight excluding hydrogens is 470 g/mol. The molecule has 1 amide bonds. The lowest BCUT2D eigenvalue weighted by molar-refractivity contribution is -0.145. The average molecular weight is 505 g/mol. The molecule has 0 unspecified atom stereocenters. The highest BCUT2D eigenvalue weighted by Crippen LogP contribution is 2.39. The minimum atomic E-state index is -2.59. The number of halogens is 2. The van der Waals surface area contributed by atoms with Gasteiger partial charge < -0.3 is 10.4 Å². The maximum Gasteiger partial charge on any atom is 0.306 e. The molecule has 0 spiro atoms. The number of carboxylic acid groups (broad SMARTS) is 1. The Kier molecular flexibility index (Phi) is 7.60. The number of rotatable bonds is 7. The Morgan fingerprint density at radius 2 is 1.83 bits per heavy atom. The standard InChI is InChI=1S/C27H34F2N2O3S/c1-27(2,3)19-11-16(10-17(12-19)23(28)29)22-21(9-15-7-5-4-6-8-15)31-25(35-22)24(32)30-20-13-18(14-20)26(33)34/h10-12,15,18,20,23H,4-9,13-14H2,1-3H3,(H,30,32)(H,33,34). The first-order valence-electron chi connectivity index (χ1n) is 12.5. The molecule has 0 radical (unpaired) electrons. The number of amides is 1. The predicted molar refractivity (Wildman–Crippen MR) is 133 cm³/mol. The van der Waals surface area contributed by atoms with Gasteiger partial charge in [-0.05, 0) is 59.9 Å². The highest BCUT2D eigenvalue weighted by atomic mass is 32.1. The van der Waals surface area contributed by atoms with Crippen molar-refractivity contribution in [3.63, 3.8) is 0 Å². The Hall–Kier alpha value is -2.35. The molecule has 2 aromatic rings. The molecule has 0 aliphatic heterocycles. The van der Waals surface area contributed by atoms with E-state index in [1.807, 2.05) is 26.8 Å². The molecule has 0 bridgehead atoms. The zero-order chi connectivity index (χ0) is 25.3. The summed E-state index contributed by atoms with van der Waals surface area (Å²) in [5.74, 6) is -1.10. The monoisotopic (exact) mass is 504 g/mol. The van der Waals surface area contributed by atoms with Crippen molar-refractivity contribution >= 4 is 23.2 Å². The van der Waals surface area contributed by atoms with Crippen LogP contribution in [0.1, 0.15) is 98.8 Å². The highest BCUT2D eigenvalue weighted by Gasteiger charge is 2.36. The van der Waals surface area contributed by atoms with E-state index in [4.69, 9.17) is 10.1 Å². The third-order valence-corrected chi connectivity index (χ3v) is 8.40. The van der Waals surface area contributed by atoms with Crippen LogP contribution in [-0.4, -0.2) is 28.0 Å². The molecule has 1 heterocycles. The lowest BCUT2D eigenvalue weighted by Crippen LogP contribution is -2.46. The Bertz CT molecular complexity index is 1080. The molecular formula is C27H34F2N2O3S. The number of carbonyl (C=O) groups is 2. The number of nitrogens with zero attached hydrogens (tertiary/aromatic N) is 1. The van der Waals surface area contributed by atoms with Gasteiger partial charge in [-0.3, -0.25) is 9.59 Å². The van der Waals surface area contributed by atoms with Crippen LogP contribution in [0, 0.1) is 11.8 Å². The van der Waals surface area contributed by atoms with Crippen molar-refractivity contribution in [2.24, 2.45) is 11.8 Å². The SMILES string of the molecule is CC(C)(C)c1cc(-c2sc(C(=O)NC3CC(C(=O)O)C3)nc2CC2CCCCC2)cc(C(F)F)c1. The van der Waals surface area contributed by atoms with Gasteiger partial charge in [0, 0.05) is 11.6 Å². The third-order valence-electron chi connectivity index (χ3n) is 7.26. The summed E-state index contributed by atoms with van der Waals surface area (Å²) in [7, 11) is 0. The molecule has 0 atom stereocenters. The smallest absolute Gasteiger partial charge is 0.306 e. The van der Waals surface area contributed by atoms with E-state index in [-0.39, 0.29) is 22.9 Å². The molecule has 2 saturated carbocycles. The van der Waals surface area contributed by atoms with E-state index in [9.17, 15) is 18.4 Å². The van der Waals surface area contributed by atoms with Gasteiger partial charge in [-0.1, -0.05) is 52.9 Å². The van der Waals surface area contributed by atoms with Crippen LogP contribution in [-0.2, 0) is 16.6 Å². The lowest BCUT2D eigenvalue weighted by atomic mass is 9.80. The van der Waals surface area contributed by atoms with Crippen molar-refractivity contribution in [1.29, 1.82) is 0 Å². The molecule has 2 N–H and O–H groups in total. The molecule has 5 nitrogen and oxygen atoms in total. The molecule has 35 heavy (non-hydrogen) atoms. The topological polar surface area (TPSA) is 79.3 Å². The largest absolute Gasteiger partial charge is 0.481 e. The molecule has 190 valence electrons. The van der Waals surface area contributed by atoms with Gasteiger partial charge in [0.05, 0.1) is 16.5 Å². The second-order valence-electron chi connectivity index (χ2n) is 11.1. The van der Waals surface area contributed by atoms with Gasteiger partial charge in [0.25, 0.3) is 12.3 Å². The maximum absolute atomic E-state index is 13.8. The predicted octanol–water partition coefficient (Wildman–Crippen LogP) is 6.76. The van der Waals surface area contributed by atoms with Gasteiger partial charge >= 0.3 is 5.97 Å². The van der Waals surface area contributed by atoms with E-state index in [1.54, 1.807) is 6.07 Å². The van der Waals surface area contributed by atoms with E-state index in [2.05, 4.69) is 5.32 Å². The normalized spacial score (nSPS) is 21.1. The molecule has 2 aliphatic carbocycles. The van der Waals surface area contributed by atoms with Crippen molar-refractivity contribution < 1.29 is 23.5 Å². The van der Waals surface area contributed by atoms with Gasteiger partial charge in [-0.25, -0.2) is 13.8 Å². The number of carboxylic acids is 1. The second-order valence-corrected chi connectivity index (χ2v) is 12.1. The summed E-state index contributed by atoms with van der Waals surface area (Å²) in [5.41, 5.74) is 1.98. The van der Waals surface area contributed by atoms with Gasteiger partial charge in [-0.15, -0.1) is 11.3 Å². The van der Waals surface area contributed by atoms with Crippen LogP contribution in [0.4, 0.5) is 8.78 Å².